The Morgan fingerprint density at radius 2 is 1.68 bits per heavy atom. The van der Waals surface area contributed by atoms with Crippen LogP contribution in [0.4, 0.5) is 0 Å². The number of aldehydes is 1. The Labute approximate surface area is 180 Å². The van der Waals surface area contributed by atoms with Crippen molar-refractivity contribution < 1.29 is 19.0 Å². The summed E-state index contributed by atoms with van der Waals surface area (Å²) in [5.74, 6) is 0. The summed E-state index contributed by atoms with van der Waals surface area (Å²) in [5.41, 5.74) is 2.29. The van der Waals surface area contributed by atoms with Crippen molar-refractivity contribution in [1.82, 2.24) is 0 Å². The lowest BCUT2D eigenvalue weighted by molar-refractivity contribution is -0.110. The smallest absolute Gasteiger partial charge is 0.120 e. The van der Waals surface area contributed by atoms with E-state index in [0.29, 0.717) is 26.1 Å². The van der Waals surface area contributed by atoms with Gasteiger partial charge in [0.1, 0.15) is 6.29 Å². The largest absolute Gasteiger partial charge is 0.371 e. The molecule has 1 unspecified atom stereocenters. The van der Waals surface area contributed by atoms with Gasteiger partial charge in [-0.15, -0.1) is 0 Å². The topological polar surface area (TPSA) is 44.8 Å². The summed E-state index contributed by atoms with van der Waals surface area (Å²) in [6, 6.07) is 20.3. The maximum atomic E-state index is 10.9. The molecule has 0 saturated carbocycles. The van der Waals surface area contributed by atoms with E-state index in [9.17, 15) is 4.79 Å². The molecule has 4 nitrogen and oxygen atoms in total. The van der Waals surface area contributed by atoms with E-state index in [-0.39, 0.29) is 24.4 Å². The maximum Gasteiger partial charge on any atom is 0.120 e. The molecule has 150 valence electrons. The van der Waals surface area contributed by atoms with Gasteiger partial charge in [-0.1, -0.05) is 83.3 Å². The molecule has 0 aromatic heterocycles. The van der Waals surface area contributed by atoms with E-state index < -0.39 is 0 Å². The number of hydrogen-bond donors (Lipinski definition) is 0. The van der Waals surface area contributed by atoms with Crippen molar-refractivity contribution in [2.24, 2.45) is 0 Å². The molecule has 4 atom stereocenters. The molecule has 28 heavy (non-hydrogen) atoms. The zero-order valence-corrected chi connectivity index (χ0v) is 18.1. The molecule has 0 aliphatic carbocycles. The lowest BCUT2D eigenvalue weighted by Gasteiger charge is -2.23. The van der Waals surface area contributed by atoms with E-state index in [0.717, 1.165) is 28.3 Å². The molecule has 0 amide bonds. The van der Waals surface area contributed by atoms with Gasteiger partial charge < -0.3 is 19.0 Å². The van der Waals surface area contributed by atoms with Crippen LogP contribution >= 0.6 is 22.6 Å². The lowest BCUT2D eigenvalue weighted by atomic mass is 10.0. The fourth-order valence-electron chi connectivity index (χ4n) is 3.46. The first-order valence-corrected chi connectivity index (χ1v) is 11.3. The summed E-state index contributed by atoms with van der Waals surface area (Å²) >= 11 is 2.35. The molecule has 0 N–H and O–H groups in total. The fourth-order valence-corrected chi connectivity index (χ4v) is 4.24. The van der Waals surface area contributed by atoms with Gasteiger partial charge in [0, 0.05) is 17.3 Å². The maximum absolute atomic E-state index is 10.9. The third-order valence-corrected chi connectivity index (χ3v) is 5.85. The molecule has 3 rings (SSSR count). The van der Waals surface area contributed by atoms with Crippen LogP contribution in [0.25, 0.3) is 0 Å². The zero-order valence-electron chi connectivity index (χ0n) is 15.9. The molecular weight excluding hydrogens is 467 g/mol. The molecule has 1 heterocycles. The number of alkyl halides is 1. The standard InChI is InChI=1S/C23H27IO4/c24-15-23-21(27-17-19-10-5-2-6-11-19)14-22(28-23)20(12-7-13-25)26-16-18-8-3-1-4-9-18/h1-6,8-11,13,20-23H,7,12,14-17H2/t20-,21+,22-,23?/m0/s1. The van der Waals surface area contributed by atoms with Crippen LogP contribution in [0.5, 0.6) is 0 Å². The predicted octanol–water partition coefficient (Wildman–Crippen LogP) is 4.73. The lowest BCUT2D eigenvalue weighted by Crippen LogP contribution is -2.30. The molecule has 2 aromatic rings. The first-order valence-electron chi connectivity index (χ1n) is 9.76. The van der Waals surface area contributed by atoms with Gasteiger partial charge in [-0.05, 0) is 17.5 Å². The molecule has 0 bridgehead atoms. The number of ether oxygens (including phenoxy) is 3. The van der Waals surface area contributed by atoms with Crippen molar-refractivity contribution in [3.05, 3.63) is 71.8 Å². The van der Waals surface area contributed by atoms with Crippen LogP contribution in [-0.2, 0) is 32.2 Å². The summed E-state index contributed by atoms with van der Waals surface area (Å²) in [6.45, 7) is 1.10. The Balaban J connectivity index is 1.58. The molecule has 0 spiro atoms. The van der Waals surface area contributed by atoms with Gasteiger partial charge in [0.15, 0.2) is 0 Å². The van der Waals surface area contributed by atoms with Crippen molar-refractivity contribution in [2.45, 2.75) is 56.9 Å². The average Bonchev–Trinajstić information content (AvgIpc) is 3.17. The summed E-state index contributed by atoms with van der Waals surface area (Å²) in [4.78, 5) is 10.9. The second kappa shape index (κ2) is 11.7. The first-order chi connectivity index (χ1) is 13.8. The van der Waals surface area contributed by atoms with Crippen LogP contribution in [0.2, 0.25) is 0 Å². The number of hydrogen-bond acceptors (Lipinski definition) is 4. The minimum absolute atomic E-state index is 0.0427. The van der Waals surface area contributed by atoms with Crippen LogP contribution in [0, 0.1) is 0 Å². The molecule has 1 aliphatic rings. The zero-order chi connectivity index (χ0) is 19.6. The van der Waals surface area contributed by atoms with Gasteiger partial charge in [0.2, 0.25) is 0 Å². The number of halogens is 1. The highest BCUT2D eigenvalue weighted by molar-refractivity contribution is 14.1. The van der Waals surface area contributed by atoms with Gasteiger partial charge in [0.05, 0.1) is 37.6 Å². The third kappa shape index (κ3) is 6.37. The molecule has 1 saturated heterocycles. The van der Waals surface area contributed by atoms with Crippen molar-refractivity contribution in [1.29, 1.82) is 0 Å². The van der Waals surface area contributed by atoms with Gasteiger partial charge in [-0.25, -0.2) is 0 Å². The van der Waals surface area contributed by atoms with E-state index in [1.165, 1.54) is 0 Å². The normalized spacial score (nSPS) is 22.8. The van der Waals surface area contributed by atoms with E-state index in [1.54, 1.807) is 0 Å². The van der Waals surface area contributed by atoms with Gasteiger partial charge in [0.25, 0.3) is 0 Å². The Hall–Kier alpha value is -1.28. The highest BCUT2D eigenvalue weighted by atomic mass is 127. The number of carbonyl (C=O) groups is 1. The molecule has 2 aromatic carbocycles. The monoisotopic (exact) mass is 494 g/mol. The Kier molecular flexibility index (Phi) is 8.92. The van der Waals surface area contributed by atoms with Gasteiger partial charge in [-0.3, -0.25) is 0 Å². The Morgan fingerprint density at radius 1 is 1.04 bits per heavy atom. The first kappa shape index (κ1) is 21.4. The Bertz CT molecular complexity index is 694. The third-order valence-electron chi connectivity index (χ3n) is 4.98. The van der Waals surface area contributed by atoms with Crippen LogP contribution in [-0.4, -0.2) is 35.1 Å². The molecule has 0 radical (unpaired) electrons. The quantitative estimate of drug-likeness (QED) is 0.258. The van der Waals surface area contributed by atoms with Crippen LogP contribution in [0.1, 0.15) is 30.4 Å². The summed E-state index contributed by atoms with van der Waals surface area (Å²) in [7, 11) is 0. The van der Waals surface area contributed by atoms with E-state index >= 15 is 0 Å². The fraction of sp³-hybridized carbons (Fsp3) is 0.435. The average molecular weight is 494 g/mol. The highest BCUT2D eigenvalue weighted by Gasteiger charge is 2.39. The summed E-state index contributed by atoms with van der Waals surface area (Å²) in [6.07, 6.45) is 2.82. The SMILES string of the molecule is O=CCC[C@H](OCc1ccccc1)[C@@H]1C[C@@H](OCc2ccccc2)C(CI)O1. The predicted molar refractivity (Wildman–Crippen MR) is 118 cm³/mol. The number of rotatable bonds is 11. The summed E-state index contributed by atoms with van der Waals surface area (Å²) in [5, 5.41) is 0. The molecular formula is C23H27IO4. The van der Waals surface area contributed by atoms with Crippen LogP contribution < -0.4 is 0 Å². The highest BCUT2D eigenvalue weighted by Crippen LogP contribution is 2.30. The van der Waals surface area contributed by atoms with Crippen LogP contribution in [0.3, 0.4) is 0 Å². The van der Waals surface area contributed by atoms with E-state index in [2.05, 4.69) is 34.7 Å². The van der Waals surface area contributed by atoms with E-state index in [1.807, 2.05) is 48.5 Å². The molecule has 5 heteroatoms. The van der Waals surface area contributed by atoms with Crippen molar-refractivity contribution in [3.63, 3.8) is 0 Å². The van der Waals surface area contributed by atoms with Crippen molar-refractivity contribution in [3.8, 4) is 0 Å². The minimum atomic E-state index is -0.110. The van der Waals surface area contributed by atoms with Crippen molar-refractivity contribution in [2.75, 3.05) is 4.43 Å². The number of carbonyl (C=O) groups excluding carboxylic acids is 1. The minimum Gasteiger partial charge on any atom is -0.371 e. The van der Waals surface area contributed by atoms with Crippen LogP contribution in [0.15, 0.2) is 60.7 Å². The Morgan fingerprint density at radius 3 is 2.29 bits per heavy atom. The van der Waals surface area contributed by atoms with Crippen molar-refractivity contribution >= 4 is 28.9 Å². The summed E-state index contributed by atoms with van der Waals surface area (Å²) < 4.78 is 19.5. The second-order valence-corrected chi connectivity index (χ2v) is 7.90. The number of benzene rings is 2. The van der Waals surface area contributed by atoms with Gasteiger partial charge in [-0.2, -0.15) is 0 Å². The molecule has 1 fully saturated rings. The second-order valence-electron chi connectivity index (χ2n) is 7.02. The van der Waals surface area contributed by atoms with Gasteiger partial charge >= 0.3 is 0 Å². The molecule has 1 aliphatic heterocycles. The van der Waals surface area contributed by atoms with E-state index in [4.69, 9.17) is 14.2 Å².